The average Bonchev–Trinajstić information content (AvgIpc) is 2.44. The van der Waals surface area contributed by atoms with Crippen molar-refractivity contribution in [3.05, 3.63) is 0 Å². The summed E-state index contributed by atoms with van der Waals surface area (Å²) in [7, 11) is -1.30. The van der Waals surface area contributed by atoms with Crippen LogP contribution in [0.5, 0.6) is 0 Å². The Bertz CT molecular complexity index is 386. The third-order valence-corrected chi connectivity index (χ3v) is 5.66. The summed E-state index contributed by atoms with van der Waals surface area (Å²) < 4.78 is 30.3. The van der Waals surface area contributed by atoms with Crippen LogP contribution in [0.3, 0.4) is 0 Å². The van der Waals surface area contributed by atoms with E-state index in [-0.39, 0.29) is 6.10 Å². The molecule has 5 nitrogen and oxygen atoms in total. The molecule has 126 valence electrons. The zero-order chi connectivity index (χ0) is 15.9. The summed E-state index contributed by atoms with van der Waals surface area (Å²) >= 11 is 0. The van der Waals surface area contributed by atoms with Gasteiger partial charge in [-0.2, -0.15) is 0 Å². The smallest absolute Gasteiger partial charge is 0.211 e. The first-order chi connectivity index (χ1) is 9.86. The molecule has 0 amide bonds. The summed E-state index contributed by atoms with van der Waals surface area (Å²) in [6.07, 6.45) is 6.88. The highest BCUT2D eigenvalue weighted by Crippen LogP contribution is 2.24. The highest BCUT2D eigenvalue weighted by Gasteiger charge is 2.27. The van der Waals surface area contributed by atoms with E-state index in [9.17, 15) is 8.42 Å². The molecule has 3 unspecified atom stereocenters. The van der Waals surface area contributed by atoms with Crippen molar-refractivity contribution in [2.24, 2.45) is 5.92 Å². The second kappa shape index (κ2) is 9.08. The van der Waals surface area contributed by atoms with Crippen molar-refractivity contribution < 1.29 is 13.2 Å². The van der Waals surface area contributed by atoms with Crippen molar-refractivity contribution in [1.29, 1.82) is 0 Å². The molecule has 1 aliphatic heterocycles. The van der Waals surface area contributed by atoms with Gasteiger partial charge >= 0.3 is 0 Å². The molecule has 1 aliphatic rings. The van der Waals surface area contributed by atoms with Crippen LogP contribution in [0.4, 0.5) is 0 Å². The normalized spacial score (nSPS) is 23.9. The number of hydrogen-bond acceptors (Lipinski definition) is 4. The van der Waals surface area contributed by atoms with E-state index in [0.29, 0.717) is 25.0 Å². The molecule has 6 heteroatoms. The van der Waals surface area contributed by atoms with Gasteiger partial charge in [0.15, 0.2) is 0 Å². The summed E-state index contributed by atoms with van der Waals surface area (Å²) in [5, 5.41) is 3.54. The maximum Gasteiger partial charge on any atom is 0.211 e. The molecule has 0 bridgehead atoms. The molecule has 1 fully saturated rings. The Hall–Kier alpha value is -0.170. The molecular weight excluding hydrogens is 288 g/mol. The molecule has 0 spiro atoms. The molecule has 21 heavy (non-hydrogen) atoms. The van der Waals surface area contributed by atoms with E-state index in [1.54, 1.807) is 11.4 Å². The van der Waals surface area contributed by atoms with Crippen LogP contribution in [-0.2, 0) is 14.8 Å². The zero-order valence-electron chi connectivity index (χ0n) is 14.0. The number of ether oxygens (including phenoxy) is 1. The number of rotatable bonds is 9. The molecule has 0 aromatic rings. The predicted octanol–water partition coefficient (Wildman–Crippen LogP) is 1.84. The topological polar surface area (TPSA) is 58.6 Å². The summed E-state index contributed by atoms with van der Waals surface area (Å²) in [5.41, 5.74) is 0. The standard InChI is InChI=1S/C15H32N2O3S/c1-5-16-15(9-8-13(2)20-3)11-14-7-6-10-17(12-14)21(4,18)19/h13-16H,5-12H2,1-4H3. The SMILES string of the molecule is CCNC(CCC(C)OC)CC1CCCN(S(C)(=O)=O)C1. The maximum absolute atomic E-state index is 11.7. The van der Waals surface area contributed by atoms with Gasteiger partial charge in [-0.25, -0.2) is 12.7 Å². The quantitative estimate of drug-likeness (QED) is 0.704. The van der Waals surface area contributed by atoms with Crippen LogP contribution in [-0.4, -0.2) is 57.9 Å². The van der Waals surface area contributed by atoms with Crippen molar-refractivity contribution in [2.45, 2.75) is 58.1 Å². The number of nitrogens with one attached hydrogen (secondary N) is 1. The van der Waals surface area contributed by atoms with Gasteiger partial charge in [-0.05, 0) is 51.5 Å². The summed E-state index contributed by atoms with van der Waals surface area (Å²) in [4.78, 5) is 0. The first-order valence-corrected chi connectivity index (χ1v) is 9.93. The number of piperidine rings is 1. The summed E-state index contributed by atoms with van der Waals surface area (Å²) in [6, 6.07) is 0.456. The van der Waals surface area contributed by atoms with Gasteiger partial charge in [0.1, 0.15) is 0 Å². The van der Waals surface area contributed by atoms with Gasteiger partial charge in [-0.15, -0.1) is 0 Å². The van der Waals surface area contributed by atoms with Crippen molar-refractivity contribution in [3.8, 4) is 0 Å². The lowest BCUT2D eigenvalue weighted by molar-refractivity contribution is 0.104. The molecule has 0 aromatic carbocycles. The van der Waals surface area contributed by atoms with E-state index in [1.165, 1.54) is 6.26 Å². The molecule has 1 saturated heterocycles. The van der Waals surface area contributed by atoms with Crippen molar-refractivity contribution in [2.75, 3.05) is 33.0 Å². The second-order valence-electron chi connectivity index (χ2n) is 6.24. The molecular formula is C15H32N2O3S. The van der Waals surface area contributed by atoms with Gasteiger partial charge in [-0.1, -0.05) is 6.92 Å². The lowest BCUT2D eigenvalue weighted by atomic mass is 9.90. The third kappa shape index (κ3) is 7.08. The Balaban J connectivity index is 2.49. The molecule has 0 aliphatic carbocycles. The van der Waals surface area contributed by atoms with Crippen LogP contribution < -0.4 is 5.32 Å². The van der Waals surface area contributed by atoms with Gasteiger partial charge < -0.3 is 10.1 Å². The largest absolute Gasteiger partial charge is 0.382 e. The van der Waals surface area contributed by atoms with E-state index in [2.05, 4.69) is 19.2 Å². The molecule has 0 radical (unpaired) electrons. The lowest BCUT2D eigenvalue weighted by Crippen LogP contribution is -2.42. The molecule has 0 saturated carbocycles. The van der Waals surface area contributed by atoms with Gasteiger partial charge in [0.25, 0.3) is 0 Å². The van der Waals surface area contributed by atoms with E-state index in [4.69, 9.17) is 4.74 Å². The number of methoxy groups -OCH3 is 1. The van der Waals surface area contributed by atoms with E-state index < -0.39 is 10.0 Å². The van der Waals surface area contributed by atoms with Crippen LogP contribution in [0.1, 0.15) is 46.0 Å². The van der Waals surface area contributed by atoms with Crippen LogP contribution in [0, 0.1) is 5.92 Å². The highest BCUT2D eigenvalue weighted by atomic mass is 32.2. The monoisotopic (exact) mass is 320 g/mol. The highest BCUT2D eigenvalue weighted by molar-refractivity contribution is 7.88. The van der Waals surface area contributed by atoms with Crippen molar-refractivity contribution >= 4 is 10.0 Å². The molecule has 1 N–H and O–H groups in total. The van der Waals surface area contributed by atoms with Crippen LogP contribution in [0.25, 0.3) is 0 Å². The molecule has 1 heterocycles. The number of nitrogens with zero attached hydrogens (tertiary/aromatic N) is 1. The van der Waals surface area contributed by atoms with Gasteiger partial charge in [0, 0.05) is 26.2 Å². The Labute approximate surface area is 130 Å². The van der Waals surface area contributed by atoms with Gasteiger partial charge in [0.05, 0.1) is 12.4 Å². The first-order valence-electron chi connectivity index (χ1n) is 8.08. The van der Waals surface area contributed by atoms with Crippen LogP contribution in [0.2, 0.25) is 0 Å². The van der Waals surface area contributed by atoms with Crippen molar-refractivity contribution in [3.63, 3.8) is 0 Å². The Morgan fingerprint density at radius 3 is 2.67 bits per heavy atom. The fraction of sp³-hybridized carbons (Fsp3) is 1.00. The predicted molar refractivity (Wildman–Crippen MR) is 86.9 cm³/mol. The lowest BCUT2D eigenvalue weighted by Gasteiger charge is -2.33. The number of sulfonamides is 1. The second-order valence-corrected chi connectivity index (χ2v) is 8.23. The average molecular weight is 320 g/mol. The third-order valence-electron chi connectivity index (χ3n) is 4.39. The molecule has 1 rings (SSSR count). The zero-order valence-corrected chi connectivity index (χ0v) is 14.8. The molecule has 3 atom stereocenters. The summed E-state index contributed by atoms with van der Waals surface area (Å²) in [6.45, 7) is 6.53. The van der Waals surface area contributed by atoms with Gasteiger partial charge in [-0.3, -0.25) is 0 Å². The Kier molecular flexibility index (Phi) is 8.16. The van der Waals surface area contributed by atoms with Gasteiger partial charge in [0.2, 0.25) is 10.0 Å². The maximum atomic E-state index is 11.7. The summed E-state index contributed by atoms with van der Waals surface area (Å²) in [5.74, 6) is 0.468. The fourth-order valence-electron chi connectivity index (χ4n) is 3.07. The van der Waals surface area contributed by atoms with Crippen molar-refractivity contribution in [1.82, 2.24) is 9.62 Å². The van der Waals surface area contributed by atoms with Crippen LogP contribution in [0.15, 0.2) is 0 Å². The van der Waals surface area contributed by atoms with E-state index >= 15 is 0 Å². The molecule has 0 aromatic heterocycles. The Morgan fingerprint density at radius 2 is 2.10 bits per heavy atom. The van der Waals surface area contributed by atoms with E-state index in [1.807, 2.05) is 0 Å². The minimum Gasteiger partial charge on any atom is -0.382 e. The van der Waals surface area contributed by atoms with E-state index in [0.717, 1.165) is 38.6 Å². The minimum atomic E-state index is -3.04. The minimum absolute atomic E-state index is 0.282. The fourth-order valence-corrected chi connectivity index (χ4v) is 4.01. The van der Waals surface area contributed by atoms with Crippen LogP contribution >= 0.6 is 0 Å². The Morgan fingerprint density at radius 1 is 1.38 bits per heavy atom. The first kappa shape index (κ1) is 18.9. The number of hydrogen-bond donors (Lipinski definition) is 1.